The molecule has 1 aromatic carbocycles. The maximum atomic E-state index is 13.4. The monoisotopic (exact) mass is 263 g/mol. The van der Waals surface area contributed by atoms with Gasteiger partial charge in [-0.25, -0.2) is 4.39 Å². The zero-order valence-electron chi connectivity index (χ0n) is 9.86. The SMILES string of the molecule is N=C(N)c1ncccc1COc1cccc(F)c1F. The molecule has 6 heteroatoms. The number of nitrogens with two attached hydrogens (primary N) is 1. The topological polar surface area (TPSA) is 72.0 Å². The van der Waals surface area contributed by atoms with Crippen molar-refractivity contribution in [1.82, 2.24) is 4.98 Å². The second-order valence-corrected chi connectivity index (χ2v) is 3.77. The van der Waals surface area contributed by atoms with Crippen LogP contribution in [0.4, 0.5) is 8.78 Å². The minimum atomic E-state index is -1.05. The standard InChI is InChI=1S/C13H11F2N3O/c14-9-4-1-5-10(11(9)15)19-7-8-3-2-6-18-12(8)13(16)17/h1-6H,7H2,(H3,16,17). The van der Waals surface area contributed by atoms with Crippen LogP contribution in [0, 0.1) is 17.0 Å². The Kier molecular flexibility index (Phi) is 3.70. The number of amidine groups is 1. The molecular weight excluding hydrogens is 252 g/mol. The van der Waals surface area contributed by atoms with E-state index in [2.05, 4.69) is 4.98 Å². The lowest BCUT2D eigenvalue weighted by atomic mass is 10.2. The van der Waals surface area contributed by atoms with Gasteiger partial charge in [-0.05, 0) is 18.2 Å². The van der Waals surface area contributed by atoms with Gasteiger partial charge in [0.25, 0.3) is 0 Å². The minimum Gasteiger partial charge on any atom is -0.486 e. The smallest absolute Gasteiger partial charge is 0.200 e. The van der Waals surface area contributed by atoms with E-state index >= 15 is 0 Å². The van der Waals surface area contributed by atoms with E-state index in [0.29, 0.717) is 5.56 Å². The van der Waals surface area contributed by atoms with Gasteiger partial charge in [0.1, 0.15) is 18.1 Å². The molecule has 19 heavy (non-hydrogen) atoms. The van der Waals surface area contributed by atoms with Gasteiger partial charge in [0.15, 0.2) is 11.6 Å². The molecule has 0 aliphatic heterocycles. The Morgan fingerprint density at radius 2 is 2.05 bits per heavy atom. The van der Waals surface area contributed by atoms with Crippen LogP contribution in [0.25, 0.3) is 0 Å². The molecule has 0 amide bonds. The quantitative estimate of drug-likeness (QED) is 0.656. The molecule has 2 rings (SSSR count). The molecule has 0 fully saturated rings. The molecule has 0 saturated carbocycles. The van der Waals surface area contributed by atoms with Crippen molar-refractivity contribution in [2.24, 2.45) is 5.73 Å². The van der Waals surface area contributed by atoms with Crippen molar-refractivity contribution in [3.8, 4) is 5.75 Å². The van der Waals surface area contributed by atoms with Crippen molar-refractivity contribution in [3.63, 3.8) is 0 Å². The Labute approximate surface area is 108 Å². The highest BCUT2D eigenvalue weighted by atomic mass is 19.2. The number of nitrogens with zero attached hydrogens (tertiary/aromatic N) is 1. The van der Waals surface area contributed by atoms with Crippen molar-refractivity contribution < 1.29 is 13.5 Å². The highest BCUT2D eigenvalue weighted by molar-refractivity contribution is 5.94. The lowest BCUT2D eigenvalue weighted by molar-refractivity contribution is 0.284. The normalized spacial score (nSPS) is 10.2. The molecule has 0 atom stereocenters. The van der Waals surface area contributed by atoms with E-state index in [1.54, 1.807) is 12.1 Å². The summed E-state index contributed by atoms with van der Waals surface area (Å²) in [6, 6.07) is 6.98. The summed E-state index contributed by atoms with van der Waals surface area (Å²) in [5.74, 6) is -2.43. The number of benzene rings is 1. The molecule has 0 aliphatic carbocycles. The van der Waals surface area contributed by atoms with Gasteiger partial charge in [0.05, 0.1) is 0 Å². The first-order valence-electron chi connectivity index (χ1n) is 5.44. The van der Waals surface area contributed by atoms with Crippen molar-refractivity contribution in [2.75, 3.05) is 0 Å². The van der Waals surface area contributed by atoms with E-state index in [1.807, 2.05) is 0 Å². The van der Waals surface area contributed by atoms with Crippen LogP contribution >= 0.6 is 0 Å². The van der Waals surface area contributed by atoms with Gasteiger partial charge in [0, 0.05) is 11.8 Å². The first-order valence-corrected chi connectivity index (χ1v) is 5.44. The average Bonchev–Trinajstić information content (AvgIpc) is 2.40. The molecule has 3 N–H and O–H groups in total. The van der Waals surface area contributed by atoms with E-state index in [-0.39, 0.29) is 23.9 Å². The third-order valence-electron chi connectivity index (χ3n) is 2.45. The Hall–Kier alpha value is -2.50. The first kappa shape index (κ1) is 12.9. The Morgan fingerprint density at radius 1 is 1.26 bits per heavy atom. The summed E-state index contributed by atoms with van der Waals surface area (Å²) in [6.45, 7) is -0.0525. The van der Waals surface area contributed by atoms with Crippen LogP contribution in [0.15, 0.2) is 36.5 Å². The van der Waals surface area contributed by atoms with Crippen LogP contribution in [0.2, 0.25) is 0 Å². The summed E-state index contributed by atoms with van der Waals surface area (Å²) in [5.41, 5.74) is 6.16. The molecule has 0 aliphatic rings. The molecular formula is C13H11F2N3O. The second-order valence-electron chi connectivity index (χ2n) is 3.77. The largest absolute Gasteiger partial charge is 0.486 e. The van der Waals surface area contributed by atoms with Crippen molar-refractivity contribution >= 4 is 5.84 Å². The third kappa shape index (κ3) is 2.85. The zero-order chi connectivity index (χ0) is 13.8. The maximum Gasteiger partial charge on any atom is 0.200 e. The first-order chi connectivity index (χ1) is 9.09. The number of nitrogens with one attached hydrogen (secondary N) is 1. The fourth-order valence-corrected chi connectivity index (χ4v) is 1.55. The third-order valence-corrected chi connectivity index (χ3v) is 2.45. The number of hydrogen-bond donors (Lipinski definition) is 2. The predicted molar refractivity (Wildman–Crippen MR) is 65.9 cm³/mol. The van der Waals surface area contributed by atoms with Crippen LogP contribution in [-0.4, -0.2) is 10.8 Å². The number of pyridine rings is 1. The van der Waals surface area contributed by atoms with E-state index in [0.717, 1.165) is 6.07 Å². The van der Waals surface area contributed by atoms with Crippen LogP contribution < -0.4 is 10.5 Å². The fourth-order valence-electron chi connectivity index (χ4n) is 1.55. The van der Waals surface area contributed by atoms with E-state index in [4.69, 9.17) is 15.9 Å². The summed E-state index contributed by atoms with van der Waals surface area (Å²) >= 11 is 0. The fraction of sp³-hybridized carbons (Fsp3) is 0.0769. The number of aromatic nitrogens is 1. The molecule has 0 saturated heterocycles. The molecule has 0 bridgehead atoms. The van der Waals surface area contributed by atoms with Crippen LogP contribution in [0.5, 0.6) is 5.75 Å². The van der Waals surface area contributed by atoms with Gasteiger partial charge in [0.2, 0.25) is 5.82 Å². The molecule has 1 aromatic heterocycles. The number of halogens is 2. The number of rotatable bonds is 4. The molecule has 4 nitrogen and oxygen atoms in total. The van der Waals surface area contributed by atoms with E-state index in [1.165, 1.54) is 18.3 Å². The molecule has 2 aromatic rings. The molecule has 98 valence electrons. The lowest BCUT2D eigenvalue weighted by Gasteiger charge is -2.10. The van der Waals surface area contributed by atoms with Gasteiger partial charge in [-0.1, -0.05) is 12.1 Å². The number of ether oxygens (including phenoxy) is 1. The van der Waals surface area contributed by atoms with Crippen molar-refractivity contribution in [1.29, 1.82) is 5.41 Å². The number of hydrogen-bond acceptors (Lipinski definition) is 3. The Bertz CT molecular complexity index is 617. The summed E-state index contributed by atoms with van der Waals surface area (Å²) in [4.78, 5) is 3.93. The van der Waals surface area contributed by atoms with Crippen LogP contribution in [0.3, 0.4) is 0 Å². The molecule has 0 spiro atoms. The molecule has 0 radical (unpaired) electrons. The zero-order valence-corrected chi connectivity index (χ0v) is 9.86. The van der Waals surface area contributed by atoms with Gasteiger partial charge in [-0.3, -0.25) is 10.4 Å². The highest BCUT2D eigenvalue weighted by Gasteiger charge is 2.11. The van der Waals surface area contributed by atoms with E-state index < -0.39 is 11.6 Å². The van der Waals surface area contributed by atoms with Gasteiger partial charge >= 0.3 is 0 Å². The van der Waals surface area contributed by atoms with Gasteiger partial charge < -0.3 is 10.5 Å². The second kappa shape index (κ2) is 5.43. The van der Waals surface area contributed by atoms with Crippen molar-refractivity contribution in [3.05, 3.63) is 59.4 Å². The van der Waals surface area contributed by atoms with Crippen LogP contribution in [0.1, 0.15) is 11.3 Å². The Morgan fingerprint density at radius 3 is 2.79 bits per heavy atom. The summed E-state index contributed by atoms with van der Waals surface area (Å²) in [6.07, 6.45) is 1.49. The summed E-state index contributed by atoms with van der Waals surface area (Å²) in [5, 5.41) is 7.36. The predicted octanol–water partition coefficient (Wildman–Crippen LogP) is 2.22. The molecule has 0 unspecified atom stereocenters. The lowest BCUT2D eigenvalue weighted by Crippen LogP contribution is -2.16. The summed E-state index contributed by atoms with van der Waals surface area (Å²) < 4.78 is 31.6. The molecule has 1 heterocycles. The van der Waals surface area contributed by atoms with Gasteiger partial charge in [-0.15, -0.1) is 0 Å². The number of nitrogen functional groups attached to an aromatic ring is 1. The Balaban J connectivity index is 2.19. The maximum absolute atomic E-state index is 13.4. The summed E-state index contributed by atoms with van der Waals surface area (Å²) in [7, 11) is 0. The van der Waals surface area contributed by atoms with E-state index in [9.17, 15) is 8.78 Å². The average molecular weight is 263 g/mol. The highest BCUT2D eigenvalue weighted by Crippen LogP contribution is 2.20. The van der Waals surface area contributed by atoms with Crippen molar-refractivity contribution in [2.45, 2.75) is 6.61 Å². The minimum absolute atomic E-state index is 0.0525. The van der Waals surface area contributed by atoms with Gasteiger partial charge in [-0.2, -0.15) is 4.39 Å². The van der Waals surface area contributed by atoms with Crippen LogP contribution in [-0.2, 0) is 6.61 Å².